The van der Waals surface area contributed by atoms with Gasteiger partial charge < -0.3 is 4.74 Å². The van der Waals surface area contributed by atoms with E-state index in [9.17, 15) is 9.18 Å². The van der Waals surface area contributed by atoms with Gasteiger partial charge in [0.2, 0.25) is 0 Å². The number of fused-ring (bicyclic) bond motifs is 1. The number of ether oxygens (including phenoxy) is 1. The predicted molar refractivity (Wildman–Crippen MR) is 54.1 cm³/mol. The fourth-order valence-corrected chi connectivity index (χ4v) is 1.85. The summed E-state index contributed by atoms with van der Waals surface area (Å²) in [6, 6.07) is 4.20. The first-order chi connectivity index (χ1) is 7.22. The summed E-state index contributed by atoms with van der Waals surface area (Å²) >= 11 is 0. The van der Waals surface area contributed by atoms with E-state index < -0.39 is 0 Å². The molecular formula is C12H13FO2. The molecule has 1 aliphatic rings. The average molecular weight is 208 g/mol. The summed E-state index contributed by atoms with van der Waals surface area (Å²) in [5.41, 5.74) is 1.21. The van der Waals surface area contributed by atoms with Gasteiger partial charge in [-0.1, -0.05) is 13.3 Å². The normalized spacial score (nSPS) is 18.8. The smallest absolute Gasteiger partial charge is 0.339 e. The van der Waals surface area contributed by atoms with Crippen LogP contribution in [0.15, 0.2) is 18.2 Å². The first-order valence-electron chi connectivity index (χ1n) is 5.22. The minimum atomic E-state index is -0.328. The van der Waals surface area contributed by atoms with Crippen molar-refractivity contribution in [2.45, 2.75) is 32.3 Å². The second-order valence-corrected chi connectivity index (χ2v) is 3.77. The van der Waals surface area contributed by atoms with E-state index >= 15 is 0 Å². The third-order valence-corrected chi connectivity index (χ3v) is 2.65. The molecule has 1 heterocycles. The van der Waals surface area contributed by atoms with Gasteiger partial charge in [0.05, 0.1) is 5.56 Å². The summed E-state index contributed by atoms with van der Waals surface area (Å²) in [7, 11) is 0. The molecule has 2 nitrogen and oxygen atoms in total. The number of carbonyl (C=O) groups excluding carboxylic acids is 1. The third-order valence-electron chi connectivity index (χ3n) is 2.65. The van der Waals surface area contributed by atoms with Crippen LogP contribution in [0.5, 0.6) is 0 Å². The number of rotatable bonds is 3. The standard InChI is InChI=1S/C12H13FO2/c1-2-3-4-11-10-7-8(13)5-6-9(10)12(14)15-11/h5-7,11H,2-4H2,1H3. The van der Waals surface area contributed by atoms with Gasteiger partial charge in [-0.05, 0) is 31.0 Å². The highest BCUT2D eigenvalue weighted by molar-refractivity contribution is 5.93. The van der Waals surface area contributed by atoms with Gasteiger partial charge in [0.25, 0.3) is 0 Å². The van der Waals surface area contributed by atoms with E-state index in [1.807, 2.05) is 0 Å². The second kappa shape index (κ2) is 4.01. The van der Waals surface area contributed by atoms with Crippen LogP contribution in [0.2, 0.25) is 0 Å². The molecule has 0 radical (unpaired) electrons. The van der Waals surface area contributed by atoms with E-state index in [4.69, 9.17) is 4.74 Å². The zero-order chi connectivity index (χ0) is 10.8. The van der Waals surface area contributed by atoms with E-state index in [0.29, 0.717) is 11.1 Å². The molecule has 3 heteroatoms. The van der Waals surface area contributed by atoms with Crippen LogP contribution in [0.25, 0.3) is 0 Å². The molecule has 1 aromatic rings. The molecule has 80 valence electrons. The van der Waals surface area contributed by atoms with Crippen molar-refractivity contribution < 1.29 is 13.9 Å². The molecule has 0 aromatic heterocycles. The van der Waals surface area contributed by atoms with Crippen LogP contribution < -0.4 is 0 Å². The first-order valence-corrected chi connectivity index (χ1v) is 5.22. The van der Waals surface area contributed by atoms with Crippen LogP contribution in [0.3, 0.4) is 0 Å². The summed E-state index contributed by atoms with van der Waals surface area (Å²) in [6.07, 6.45) is 2.55. The molecule has 1 unspecified atom stereocenters. The lowest BCUT2D eigenvalue weighted by Gasteiger charge is -2.09. The highest BCUT2D eigenvalue weighted by Gasteiger charge is 2.30. The summed E-state index contributed by atoms with van der Waals surface area (Å²) in [6.45, 7) is 2.07. The largest absolute Gasteiger partial charge is 0.454 e. The Morgan fingerprint density at radius 1 is 1.47 bits per heavy atom. The van der Waals surface area contributed by atoms with Gasteiger partial charge >= 0.3 is 5.97 Å². The molecular weight excluding hydrogens is 195 g/mol. The zero-order valence-electron chi connectivity index (χ0n) is 8.63. The van der Waals surface area contributed by atoms with Gasteiger partial charge in [-0.3, -0.25) is 0 Å². The van der Waals surface area contributed by atoms with E-state index in [1.54, 1.807) is 0 Å². The van der Waals surface area contributed by atoms with Gasteiger partial charge in [0, 0.05) is 5.56 Å². The minimum Gasteiger partial charge on any atom is -0.454 e. The maximum atomic E-state index is 13.0. The molecule has 1 aromatic carbocycles. The van der Waals surface area contributed by atoms with Crippen LogP contribution in [-0.4, -0.2) is 5.97 Å². The summed E-state index contributed by atoms with van der Waals surface area (Å²) < 4.78 is 18.2. The van der Waals surface area contributed by atoms with E-state index in [1.165, 1.54) is 18.2 Å². The maximum Gasteiger partial charge on any atom is 0.339 e. The van der Waals surface area contributed by atoms with E-state index in [2.05, 4.69) is 6.92 Å². The molecule has 1 aliphatic heterocycles. The van der Waals surface area contributed by atoms with Crippen LogP contribution in [0.1, 0.15) is 48.2 Å². The number of benzene rings is 1. The molecule has 0 bridgehead atoms. The van der Waals surface area contributed by atoms with Gasteiger partial charge in [0.1, 0.15) is 11.9 Å². The van der Waals surface area contributed by atoms with E-state index in [-0.39, 0.29) is 17.9 Å². The fraction of sp³-hybridized carbons (Fsp3) is 0.417. The summed E-state index contributed by atoms with van der Waals surface area (Å²) in [5.74, 6) is -0.639. The van der Waals surface area contributed by atoms with Gasteiger partial charge in [-0.15, -0.1) is 0 Å². The average Bonchev–Trinajstić information content (AvgIpc) is 2.52. The van der Waals surface area contributed by atoms with Gasteiger partial charge in [-0.2, -0.15) is 0 Å². The lowest BCUT2D eigenvalue weighted by atomic mass is 10.0. The highest BCUT2D eigenvalue weighted by atomic mass is 19.1. The number of unbranched alkanes of at least 4 members (excludes halogenated alkanes) is 1. The second-order valence-electron chi connectivity index (χ2n) is 3.77. The van der Waals surface area contributed by atoms with E-state index in [0.717, 1.165) is 19.3 Å². The third kappa shape index (κ3) is 1.87. The highest BCUT2D eigenvalue weighted by Crippen LogP contribution is 2.34. The number of hydrogen-bond donors (Lipinski definition) is 0. The Morgan fingerprint density at radius 2 is 2.27 bits per heavy atom. The van der Waals surface area contributed by atoms with Gasteiger partial charge in [-0.25, -0.2) is 9.18 Å². The predicted octanol–water partition coefficient (Wildman–Crippen LogP) is 3.23. The zero-order valence-corrected chi connectivity index (χ0v) is 8.63. The monoisotopic (exact) mass is 208 g/mol. The fourth-order valence-electron chi connectivity index (χ4n) is 1.85. The molecule has 0 aliphatic carbocycles. The molecule has 15 heavy (non-hydrogen) atoms. The Labute approximate surface area is 88.1 Å². The molecule has 0 spiro atoms. The molecule has 0 fully saturated rings. The van der Waals surface area contributed by atoms with Crippen molar-refractivity contribution in [2.75, 3.05) is 0 Å². The first kappa shape index (κ1) is 10.1. The lowest BCUT2D eigenvalue weighted by Crippen LogP contribution is -1.98. The SMILES string of the molecule is CCCCC1OC(=O)c2ccc(F)cc21. The Morgan fingerprint density at radius 3 is 3.00 bits per heavy atom. The molecule has 1 atom stereocenters. The Kier molecular flexibility index (Phi) is 2.71. The van der Waals surface area contributed by atoms with Crippen LogP contribution in [0, 0.1) is 5.82 Å². The number of esters is 1. The minimum absolute atomic E-state index is 0.247. The molecule has 0 saturated carbocycles. The Hall–Kier alpha value is -1.38. The number of halogens is 1. The van der Waals surface area contributed by atoms with Gasteiger partial charge in [0.15, 0.2) is 0 Å². The topological polar surface area (TPSA) is 26.3 Å². The van der Waals surface area contributed by atoms with Crippen molar-refractivity contribution in [3.63, 3.8) is 0 Å². The quantitative estimate of drug-likeness (QED) is 0.713. The Balaban J connectivity index is 2.27. The van der Waals surface area contributed by atoms with Crippen molar-refractivity contribution >= 4 is 5.97 Å². The summed E-state index contributed by atoms with van der Waals surface area (Å²) in [5, 5.41) is 0. The summed E-state index contributed by atoms with van der Waals surface area (Å²) in [4.78, 5) is 11.4. The number of hydrogen-bond acceptors (Lipinski definition) is 2. The van der Waals surface area contributed by atoms with Crippen molar-refractivity contribution in [1.82, 2.24) is 0 Å². The molecule has 0 saturated heterocycles. The van der Waals surface area contributed by atoms with Crippen molar-refractivity contribution in [1.29, 1.82) is 0 Å². The van der Waals surface area contributed by atoms with Crippen molar-refractivity contribution in [2.24, 2.45) is 0 Å². The molecule has 2 rings (SSSR count). The maximum absolute atomic E-state index is 13.0. The molecule has 0 N–H and O–H groups in total. The number of carbonyl (C=O) groups is 1. The van der Waals surface area contributed by atoms with Crippen molar-refractivity contribution in [3.05, 3.63) is 35.1 Å². The molecule has 0 amide bonds. The van der Waals surface area contributed by atoms with Crippen molar-refractivity contribution in [3.8, 4) is 0 Å². The Bertz CT molecular complexity index is 387. The van der Waals surface area contributed by atoms with Crippen LogP contribution in [0.4, 0.5) is 4.39 Å². The van der Waals surface area contributed by atoms with Crippen LogP contribution in [-0.2, 0) is 4.74 Å². The lowest BCUT2D eigenvalue weighted by molar-refractivity contribution is 0.0364. The number of cyclic esters (lactones) is 1. The van der Waals surface area contributed by atoms with Crippen LogP contribution >= 0.6 is 0 Å².